The number of aryl methyl sites for hydroxylation is 1. The van der Waals surface area contributed by atoms with Crippen LogP contribution in [0, 0.1) is 6.92 Å². The first kappa shape index (κ1) is 23.5. The summed E-state index contributed by atoms with van der Waals surface area (Å²) in [7, 11) is 0. The fourth-order valence-corrected chi connectivity index (χ4v) is 3.60. The van der Waals surface area contributed by atoms with Crippen LogP contribution in [0.15, 0.2) is 78.9 Å². The molecular weight excluding hydrogens is 420 g/mol. The van der Waals surface area contributed by atoms with Crippen molar-refractivity contribution in [3.05, 3.63) is 112 Å². The normalized spacial score (nSPS) is 12.0. The molecule has 5 heteroatoms. The third-order valence-electron chi connectivity index (χ3n) is 5.23. The largest absolute Gasteiger partial charge is 0.342 e. The van der Waals surface area contributed by atoms with Gasteiger partial charge in [0.2, 0.25) is 5.91 Å². The SMILES string of the molecule is Cc1ccc(CC(=O)[C@H](Cc2ccccc2)NC(=O)/C=C/c2cc(Cl)ccc2CN)cc1. The van der Waals surface area contributed by atoms with Gasteiger partial charge in [-0.2, -0.15) is 0 Å². The Morgan fingerprint density at radius 1 is 1.00 bits per heavy atom. The van der Waals surface area contributed by atoms with Gasteiger partial charge in [0.05, 0.1) is 6.04 Å². The lowest BCUT2D eigenvalue weighted by atomic mass is 9.97. The van der Waals surface area contributed by atoms with Crippen LogP contribution in [0.1, 0.15) is 27.8 Å². The van der Waals surface area contributed by atoms with Crippen molar-refractivity contribution < 1.29 is 9.59 Å². The predicted molar refractivity (Wildman–Crippen MR) is 130 cm³/mol. The van der Waals surface area contributed by atoms with Gasteiger partial charge in [-0.05, 0) is 53.8 Å². The van der Waals surface area contributed by atoms with E-state index in [2.05, 4.69) is 5.32 Å². The van der Waals surface area contributed by atoms with Crippen molar-refractivity contribution in [2.75, 3.05) is 0 Å². The van der Waals surface area contributed by atoms with Crippen LogP contribution in [0.3, 0.4) is 0 Å². The lowest BCUT2D eigenvalue weighted by molar-refractivity contribution is -0.125. The number of nitrogens with two attached hydrogens (primary N) is 1. The molecule has 0 aliphatic rings. The van der Waals surface area contributed by atoms with E-state index in [1.54, 1.807) is 18.2 Å². The quantitative estimate of drug-likeness (QED) is 0.469. The van der Waals surface area contributed by atoms with E-state index in [1.165, 1.54) is 6.08 Å². The molecule has 0 saturated carbocycles. The summed E-state index contributed by atoms with van der Waals surface area (Å²) in [5.41, 5.74) is 10.5. The van der Waals surface area contributed by atoms with E-state index in [-0.39, 0.29) is 18.1 Å². The van der Waals surface area contributed by atoms with Crippen LogP contribution in [0.4, 0.5) is 0 Å². The maximum atomic E-state index is 13.1. The monoisotopic (exact) mass is 446 g/mol. The molecule has 0 spiro atoms. The van der Waals surface area contributed by atoms with Gasteiger partial charge >= 0.3 is 0 Å². The van der Waals surface area contributed by atoms with Crippen LogP contribution in [0.5, 0.6) is 0 Å². The molecule has 3 aromatic rings. The Morgan fingerprint density at radius 3 is 2.41 bits per heavy atom. The molecule has 3 aromatic carbocycles. The van der Waals surface area contributed by atoms with Crippen LogP contribution in [0.2, 0.25) is 5.02 Å². The number of benzene rings is 3. The van der Waals surface area contributed by atoms with E-state index in [4.69, 9.17) is 17.3 Å². The zero-order valence-corrected chi connectivity index (χ0v) is 18.8. The van der Waals surface area contributed by atoms with Crippen molar-refractivity contribution >= 4 is 29.4 Å². The second-order valence-electron chi connectivity index (χ2n) is 7.76. The predicted octanol–water partition coefficient (Wildman–Crippen LogP) is 4.66. The molecule has 32 heavy (non-hydrogen) atoms. The Kier molecular flexibility index (Phi) is 8.37. The van der Waals surface area contributed by atoms with Gasteiger partial charge in [-0.25, -0.2) is 0 Å². The highest BCUT2D eigenvalue weighted by Crippen LogP contribution is 2.17. The molecule has 0 bridgehead atoms. The van der Waals surface area contributed by atoms with Gasteiger partial charge in [0.1, 0.15) is 0 Å². The summed E-state index contributed by atoms with van der Waals surface area (Å²) in [6.45, 7) is 2.34. The van der Waals surface area contributed by atoms with Crippen molar-refractivity contribution in [2.24, 2.45) is 5.73 Å². The van der Waals surface area contributed by atoms with Crippen molar-refractivity contribution in [3.8, 4) is 0 Å². The number of hydrogen-bond donors (Lipinski definition) is 2. The van der Waals surface area contributed by atoms with E-state index >= 15 is 0 Å². The fraction of sp³-hybridized carbons (Fsp3) is 0.185. The Morgan fingerprint density at radius 2 is 1.72 bits per heavy atom. The Labute approximate surface area is 194 Å². The summed E-state index contributed by atoms with van der Waals surface area (Å²) in [6.07, 6.45) is 3.78. The number of carbonyl (C=O) groups excluding carboxylic acids is 2. The summed E-state index contributed by atoms with van der Waals surface area (Å²) < 4.78 is 0. The highest BCUT2D eigenvalue weighted by molar-refractivity contribution is 6.30. The number of rotatable bonds is 9. The Balaban J connectivity index is 1.75. The number of Topliss-reactive ketones (excluding diaryl/α,β-unsaturated/α-hetero) is 1. The summed E-state index contributed by atoms with van der Waals surface area (Å²) in [5, 5.41) is 3.45. The van der Waals surface area contributed by atoms with E-state index in [9.17, 15) is 9.59 Å². The molecule has 0 fully saturated rings. The molecular formula is C27H27ClN2O2. The van der Waals surface area contributed by atoms with Crippen LogP contribution < -0.4 is 11.1 Å². The number of halogens is 1. The van der Waals surface area contributed by atoms with Gasteiger partial charge in [0.25, 0.3) is 0 Å². The van der Waals surface area contributed by atoms with Gasteiger partial charge in [-0.15, -0.1) is 0 Å². The summed E-state index contributed by atoms with van der Waals surface area (Å²) in [4.78, 5) is 25.8. The van der Waals surface area contributed by atoms with E-state index in [0.29, 0.717) is 18.0 Å². The first-order chi connectivity index (χ1) is 15.4. The van der Waals surface area contributed by atoms with Crippen molar-refractivity contribution in [1.29, 1.82) is 0 Å². The van der Waals surface area contributed by atoms with E-state index in [0.717, 1.165) is 27.8 Å². The van der Waals surface area contributed by atoms with Crippen molar-refractivity contribution in [2.45, 2.75) is 32.4 Å². The zero-order chi connectivity index (χ0) is 22.9. The number of hydrogen-bond acceptors (Lipinski definition) is 3. The molecule has 4 nitrogen and oxygen atoms in total. The molecule has 0 aromatic heterocycles. The number of carbonyl (C=O) groups is 2. The van der Waals surface area contributed by atoms with Crippen LogP contribution in [-0.2, 0) is 29.0 Å². The third-order valence-corrected chi connectivity index (χ3v) is 5.46. The average Bonchev–Trinajstić information content (AvgIpc) is 2.79. The topological polar surface area (TPSA) is 72.2 Å². The first-order valence-electron chi connectivity index (χ1n) is 10.5. The van der Waals surface area contributed by atoms with Crippen LogP contribution in [-0.4, -0.2) is 17.7 Å². The van der Waals surface area contributed by atoms with E-state index in [1.807, 2.05) is 67.6 Å². The molecule has 3 N–H and O–H groups in total. The minimum Gasteiger partial charge on any atom is -0.342 e. The molecule has 0 unspecified atom stereocenters. The summed E-state index contributed by atoms with van der Waals surface area (Å²) in [6, 6.07) is 22.3. The van der Waals surface area contributed by atoms with E-state index < -0.39 is 6.04 Å². The number of ketones is 1. The van der Waals surface area contributed by atoms with Gasteiger partial charge in [-0.3, -0.25) is 9.59 Å². The lowest BCUT2D eigenvalue weighted by Gasteiger charge is -2.17. The minimum atomic E-state index is -0.635. The highest BCUT2D eigenvalue weighted by atomic mass is 35.5. The lowest BCUT2D eigenvalue weighted by Crippen LogP contribution is -2.42. The molecule has 0 saturated heterocycles. The average molecular weight is 447 g/mol. The zero-order valence-electron chi connectivity index (χ0n) is 18.1. The molecule has 0 radical (unpaired) electrons. The second kappa shape index (κ2) is 11.4. The van der Waals surface area contributed by atoms with Crippen molar-refractivity contribution in [3.63, 3.8) is 0 Å². The molecule has 1 atom stereocenters. The molecule has 0 aliphatic heterocycles. The molecule has 3 rings (SSSR count). The summed E-state index contributed by atoms with van der Waals surface area (Å²) >= 11 is 6.07. The fourth-order valence-electron chi connectivity index (χ4n) is 3.42. The highest BCUT2D eigenvalue weighted by Gasteiger charge is 2.20. The first-order valence-corrected chi connectivity index (χ1v) is 10.9. The maximum Gasteiger partial charge on any atom is 0.244 e. The van der Waals surface area contributed by atoms with Gasteiger partial charge < -0.3 is 11.1 Å². The van der Waals surface area contributed by atoms with Crippen LogP contribution in [0.25, 0.3) is 6.08 Å². The smallest absolute Gasteiger partial charge is 0.244 e. The Hall–Kier alpha value is -3.21. The summed E-state index contributed by atoms with van der Waals surface area (Å²) in [5.74, 6) is -0.379. The second-order valence-corrected chi connectivity index (χ2v) is 8.20. The van der Waals surface area contributed by atoms with Gasteiger partial charge in [0, 0.05) is 24.1 Å². The molecule has 0 aliphatic carbocycles. The van der Waals surface area contributed by atoms with Crippen LogP contribution >= 0.6 is 11.6 Å². The van der Waals surface area contributed by atoms with Crippen molar-refractivity contribution in [1.82, 2.24) is 5.32 Å². The number of amides is 1. The number of nitrogens with one attached hydrogen (secondary N) is 1. The Bertz CT molecular complexity index is 1090. The minimum absolute atomic E-state index is 0.0372. The molecule has 0 heterocycles. The van der Waals surface area contributed by atoms with Gasteiger partial charge in [0.15, 0.2) is 5.78 Å². The van der Waals surface area contributed by atoms with Gasteiger partial charge in [-0.1, -0.05) is 77.8 Å². The maximum absolute atomic E-state index is 13.1. The molecule has 1 amide bonds. The molecule has 164 valence electrons. The third kappa shape index (κ3) is 6.91. The standard InChI is InChI=1S/C27H27ClN2O2/c1-19-7-9-21(10-8-19)16-26(31)25(15-20-5-3-2-4-6-20)30-27(32)14-12-22-17-24(28)13-11-23(22)18-29/h2-14,17,25H,15-16,18,29H2,1H3,(H,30,32)/b14-12+/t25-/m0/s1.